The van der Waals surface area contributed by atoms with Crippen LogP contribution in [0.5, 0.6) is 0 Å². The number of anilines is 1. The largest absolute Gasteiger partial charge is 0.352 e. The first-order valence-electron chi connectivity index (χ1n) is 9.19. The second-order valence-corrected chi connectivity index (χ2v) is 6.61. The lowest BCUT2D eigenvalue weighted by Crippen LogP contribution is -2.24. The van der Waals surface area contributed by atoms with Crippen LogP contribution in [0.15, 0.2) is 42.5 Å². The molecule has 27 heavy (non-hydrogen) atoms. The summed E-state index contributed by atoms with van der Waals surface area (Å²) in [6, 6.07) is 12.3. The molecule has 0 saturated heterocycles. The van der Waals surface area contributed by atoms with Gasteiger partial charge in [-0.3, -0.25) is 14.4 Å². The number of aryl methyl sites for hydroxylation is 2. The van der Waals surface area contributed by atoms with Crippen molar-refractivity contribution in [3.05, 3.63) is 64.7 Å². The smallest absolute Gasteiger partial charge is 0.251 e. The van der Waals surface area contributed by atoms with Crippen LogP contribution in [-0.2, 0) is 4.79 Å². The van der Waals surface area contributed by atoms with Crippen molar-refractivity contribution < 1.29 is 14.4 Å². The fourth-order valence-electron chi connectivity index (χ4n) is 2.59. The number of nitrogens with one attached hydrogen (secondary N) is 2. The van der Waals surface area contributed by atoms with E-state index in [0.29, 0.717) is 23.4 Å². The van der Waals surface area contributed by atoms with Crippen LogP contribution in [0, 0.1) is 13.8 Å². The summed E-state index contributed by atoms with van der Waals surface area (Å²) in [4.78, 5) is 36.4. The Bertz CT molecular complexity index is 843. The Morgan fingerprint density at radius 3 is 2.37 bits per heavy atom. The molecule has 0 fully saturated rings. The number of Topliss-reactive ketones (excluding diaryl/α,β-unsaturated/α-hetero) is 1. The molecule has 142 valence electrons. The molecule has 2 rings (SSSR count). The highest BCUT2D eigenvalue weighted by Crippen LogP contribution is 2.14. The Morgan fingerprint density at radius 1 is 0.889 bits per heavy atom. The Morgan fingerprint density at radius 2 is 1.67 bits per heavy atom. The van der Waals surface area contributed by atoms with Gasteiger partial charge in [0.15, 0.2) is 5.78 Å². The first-order chi connectivity index (χ1) is 12.9. The molecule has 0 aliphatic rings. The molecule has 0 aromatic heterocycles. The van der Waals surface area contributed by atoms with Gasteiger partial charge in [0.25, 0.3) is 5.91 Å². The van der Waals surface area contributed by atoms with Gasteiger partial charge in [-0.2, -0.15) is 0 Å². The third-order valence-corrected chi connectivity index (χ3v) is 4.35. The number of carbonyl (C=O) groups excluding carboxylic acids is 3. The molecule has 2 amide bonds. The Hall–Kier alpha value is -2.95. The van der Waals surface area contributed by atoms with Crippen LogP contribution in [0.3, 0.4) is 0 Å². The van der Waals surface area contributed by atoms with Crippen molar-refractivity contribution >= 4 is 23.3 Å². The minimum Gasteiger partial charge on any atom is -0.352 e. The van der Waals surface area contributed by atoms with Crippen molar-refractivity contribution in [2.75, 3.05) is 11.9 Å². The van der Waals surface area contributed by atoms with Crippen LogP contribution in [0.25, 0.3) is 0 Å². The van der Waals surface area contributed by atoms with Gasteiger partial charge in [-0.1, -0.05) is 25.1 Å². The van der Waals surface area contributed by atoms with Gasteiger partial charge in [0.2, 0.25) is 5.91 Å². The molecule has 0 aliphatic carbocycles. The fourth-order valence-corrected chi connectivity index (χ4v) is 2.59. The van der Waals surface area contributed by atoms with E-state index in [2.05, 4.69) is 10.6 Å². The van der Waals surface area contributed by atoms with Crippen LogP contribution in [0.4, 0.5) is 5.69 Å². The van der Waals surface area contributed by atoms with Gasteiger partial charge >= 0.3 is 0 Å². The molecule has 2 N–H and O–H groups in total. The summed E-state index contributed by atoms with van der Waals surface area (Å²) in [6.07, 6.45) is 1.10. The van der Waals surface area contributed by atoms with Crippen LogP contribution >= 0.6 is 0 Å². The zero-order valence-electron chi connectivity index (χ0n) is 16.1. The molecule has 0 heterocycles. The van der Waals surface area contributed by atoms with E-state index in [-0.39, 0.29) is 30.4 Å². The highest BCUT2D eigenvalue weighted by atomic mass is 16.2. The van der Waals surface area contributed by atoms with Gasteiger partial charge in [0.1, 0.15) is 0 Å². The third kappa shape index (κ3) is 6.06. The van der Waals surface area contributed by atoms with Crippen molar-refractivity contribution in [2.24, 2.45) is 0 Å². The molecule has 5 nitrogen and oxygen atoms in total. The summed E-state index contributed by atoms with van der Waals surface area (Å²) in [5.41, 5.74) is 3.85. The highest BCUT2D eigenvalue weighted by Gasteiger charge is 2.11. The zero-order chi connectivity index (χ0) is 19.8. The second kappa shape index (κ2) is 9.67. The molecule has 2 aromatic rings. The van der Waals surface area contributed by atoms with E-state index in [0.717, 1.165) is 17.5 Å². The molecule has 0 aliphatic heterocycles. The van der Waals surface area contributed by atoms with E-state index >= 15 is 0 Å². The first kappa shape index (κ1) is 20.4. The lowest BCUT2D eigenvalue weighted by molar-refractivity contribution is -0.116. The monoisotopic (exact) mass is 366 g/mol. The van der Waals surface area contributed by atoms with Crippen molar-refractivity contribution in [1.29, 1.82) is 0 Å². The van der Waals surface area contributed by atoms with Crippen LogP contribution in [-0.4, -0.2) is 24.1 Å². The number of hydrogen-bond acceptors (Lipinski definition) is 3. The molecule has 0 saturated carbocycles. The minimum atomic E-state index is -0.252. The number of hydrogen-bond donors (Lipinski definition) is 2. The summed E-state index contributed by atoms with van der Waals surface area (Å²) in [7, 11) is 0. The zero-order valence-corrected chi connectivity index (χ0v) is 16.1. The Balaban J connectivity index is 1.91. The molecule has 0 unspecified atom stereocenters. The second-order valence-electron chi connectivity index (χ2n) is 6.61. The molecule has 2 aromatic carbocycles. The topological polar surface area (TPSA) is 75.3 Å². The predicted octanol–water partition coefficient (Wildman–Crippen LogP) is 4.04. The average molecular weight is 366 g/mol. The van der Waals surface area contributed by atoms with E-state index < -0.39 is 0 Å². The number of benzene rings is 2. The molecule has 5 heteroatoms. The standard InChI is InChI=1S/C22H26N2O3/c1-4-12-23-22(27)18-6-5-7-19(14-18)24-21(26)11-10-20(25)17-9-8-15(2)16(3)13-17/h5-9,13-14H,4,10-12H2,1-3H3,(H,23,27)(H,24,26). The lowest BCUT2D eigenvalue weighted by atomic mass is 10.0. The van der Waals surface area contributed by atoms with Gasteiger partial charge in [-0.25, -0.2) is 0 Å². The first-order valence-corrected chi connectivity index (χ1v) is 9.19. The lowest BCUT2D eigenvalue weighted by Gasteiger charge is -2.08. The van der Waals surface area contributed by atoms with Crippen molar-refractivity contribution in [3.63, 3.8) is 0 Å². The van der Waals surface area contributed by atoms with Crippen molar-refractivity contribution in [3.8, 4) is 0 Å². The molecular formula is C22H26N2O3. The van der Waals surface area contributed by atoms with Gasteiger partial charge in [0, 0.05) is 36.2 Å². The summed E-state index contributed by atoms with van der Waals surface area (Å²) in [6.45, 7) is 6.54. The van der Waals surface area contributed by atoms with E-state index in [1.165, 1.54) is 0 Å². The Kier molecular flexibility index (Phi) is 7.29. The normalized spacial score (nSPS) is 10.3. The maximum absolute atomic E-state index is 12.3. The van der Waals surface area contributed by atoms with Crippen LogP contribution in [0.2, 0.25) is 0 Å². The average Bonchev–Trinajstić information content (AvgIpc) is 2.66. The SMILES string of the molecule is CCCNC(=O)c1cccc(NC(=O)CCC(=O)c2ccc(C)c(C)c2)c1. The maximum atomic E-state index is 12.3. The third-order valence-electron chi connectivity index (χ3n) is 4.35. The molecule has 0 radical (unpaired) electrons. The highest BCUT2D eigenvalue weighted by molar-refractivity contribution is 6.01. The molecule has 0 spiro atoms. The summed E-state index contributed by atoms with van der Waals surface area (Å²) in [5.74, 6) is -0.475. The maximum Gasteiger partial charge on any atom is 0.251 e. The Labute approximate surface area is 160 Å². The number of rotatable bonds is 8. The molecule has 0 bridgehead atoms. The van der Waals surface area contributed by atoms with Gasteiger partial charge in [0.05, 0.1) is 0 Å². The van der Waals surface area contributed by atoms with E-state index in [1.54, 1.807) is 30.3 Å². The summed E-state index contributed by atoms with van der Waals surface area (Å²) < 4.78 is 0. The summed E-state index contributed by atoms with van der Waals surface area (Å²) >= 11 is 0. The van der Waals surface area contributed by atoms with Gasteiger partial charge in [-0.15, -0.1) is 0 Å². The van der Waals surface area contributed by atoms with Crippen LogP contribution < -0.4 is 10.6 Å². The quantitative estimate of drug-likeness (QED) is 0.692. The van der Waals surface area contributed by atoms with Gasteiger partial charge in [-0.05, 0) is 55.7 Å². The number of ketones is 1. The number of carbonyl (C=O) groups is 3. The van der Waals surface area contributed by atoms with Crippen molar-refractivity contribution in [1.82, 2.24) is 5.32 Å². The molecular weight excluding hydrogens is 340 g/mol. The van der Waals surface area contributed by atoms with E-state index in [1.807, 2.05) is 32.9 Å². The number of amides is 2. The molecule has 0 atom stereocenters. The predicted molar refractivity (Wildman–Crippen MR) is 107 cm³/mol. The minimum absolute atomic E-state index is 0.0547. The summed E-state index contributed by atoms with van der Waals surface area (Å²) in [5, 5.41) is 5.55. The van der Waals surface area contributed by atoms with Crippen molar-refractivity contribution in [2.45, 2.75) is 40.0 Å². The van der Waals surface area contributed by atoms with Gasteiger partial charge < -0.3 is 10.6 Å². The van der Waals surface area contributed by atoms with E-state index in [9.17, 15) is 14.4 Å². The van der Waals surface area contributed by atoms with Crippen LogP contribution in [0.1, 0.15) is 58.0 Å². The van der Waals surface area contributed by atoms with E-state index in [4.69, 9.17) is 0 Å². The fraction of sp³-hybridized carbons (Fsp3) is 0.318.